The summed E-state index contributed by atoms with van der Waals surface area (Å²) < 4.78 is 35.3. The maximum absolute atomic E-state index is 14.4. The van der Waals surface area contributed by atoms with Crippen LogP contribution in [0.25, 0.3) is 0 Å². The summed E-state index contributed by atoms with van der Waals surface area (Å²) in [6.45, 7) is 4.14. The Hall–Kier alpha value is -3.60. The number of methoxy groups -OCH3 is 4. The van der Waals surface area contributed by atoms with E-state index in [1.54, 1.807) is 28.4 Å². The zero-order valence-corrected chi connectivity index (χ0v) is 42.8. The number of esters is 2. The Morgan fingerprint density at radius 1 is 0.569 bits per heavy atom. The highest BCUT2D eigenvalue weighted by Crippen LogP contribution is 2.59. The number of hydrogen-bond donors (Lipinski definition) is 2. The van der Waals surface area contributed by atoms with Crippen LogP contribution in [-0.2, 0) is 32.3 Å². The summed E-state index contributed by atoms with van der Waals surface area (Å²) in [5.41, 5.74) is 1.17. The number of carboxylic acids is 2. The zero-order chi connectivity index (χ0) is 45.7. The van der Waals surface area contributed by atoms with E-state index in [9.17, 15) is 24.3 Å². The van der Waals surface area contributed by atoms with Crippen LogP contribution in [0.15, 0.2) is 24.3 Å². The lowest BCUT2D eigenvalue weighted by molar-refractivity contribution is -0.963. The van der Waals surface area contributed by atoms with Crippen molar-refractivity contribution in [3.8, 4) is 34.5 Å². The normalized spacial score (nSPS) is 27.3. The largest absolute Gasteiger partial charge is 1.00 e. The van der Waals surface area contributed by atoms with Crippen molar-refractivity contribution in [2.45, 2.75) is 154 Å². The fraction of sp³-hybridized carbons (Fsp3) is 0.673. The van der Waals surface area contributed by atoms with Gasteiger partial charge in [-0.3, -0.25) is 19.2 Å². The molecule has 2 aromatic rings. The van der Waals surface area contributed by atoms with Gasteiger partial charge in [0.2, 0.25) is 11.5 Å². The lowest BCUT2D eigenvalue weighted by Gasteiger charge is -2.55. The molecular weight excluding hydrogens is 968 g/mol. The minimum absolute atomic E-state index is 0. The maximum Gasteiger partial charge on any atom is 0.310 e. The second-order valence-corrected chi connectivity index (χ2v) is 19.3. The van der Waals surface area contributed by atoms with Gasteiger partial charge < -0.3 is 81.6 Å². The molecule has 0 aliphatic carbocycles. The van der Waals surface area contributed by atoms with Gasteiger partial charge in [0.15, 0.2) is 23.0 Å². The van der Waals surface area contributed by atoms with Crippen LogP contribution in [-0.4, -0.2) is 110 Å². The van der Waals surface area contributed by atoms with Crippen molar-refractivity contribution in [3.05, 3.63) is 35.4 Å². The number of carbonyl (C=O) groups is 4. The summed E-state index contributed by atoms with van der Waals surface area (Å²) in [4.78, 5) is 49.3. The first-order chi connectivity index (χ1) is 30.0. The first kappa shape index (κ1) is 54.0. The zero-order valence-electron chi connectivity index (χ0n) is 39.6. The van der Waals surface area contributed by atoms with Gasteiger partial charge in [-0.15, -0.1) is 0 Å². The van der Waals surface area contributed by atoms with Crippen LogP contribution in [0.1, 0.15) is 128 Å². The van der Waals surface area contributed by atoms with E-state index >= 15 is 0 Å². The van der Waals surface area contributed by atoms with Crippen molar-refractivity contribution >= 4 is 23.9 Å². The number of benzene rings is 2. The SMILES string of the molecule is COc1cc(C[N+]2(C)C3CCC2CC(C(CCCCCCCCC(=O)O)(C(=O)O)C2CC4CCC(C2)[N+]4(C)Cc2cc(OC)c(OC(C)=O)c(OC)c2)C3)cc(OC)c1OC(C)=O.[Br-].[Br-]. The van der Waals surface area contributed by atoms with Crippen LogP contribution >= 0.6 is 0 Å². The summed E-state index contributed by atoms with van der Waals surface area (Å²) in [6, 6.07) is 8.89. The molecule has 65 heavy (non-hydrogen) atoms. The van der Waals surface area contributed by atoms with Gasteiger partial charge in [-0.25, -0.2) is 0 Å². The molecule has 0 aromatic heterocycles. The Kier molecular flexibility index (Phi) is 19.1. The molecule has 4 atom stereocenters. The molecule has 0 spiro atoms. The van der Waals surface area contributed by atoms with Gasteiger partial charge in [-0.1, -0.05) is 32.1 Å². The molecule has 4 unspecified atom stereocenters. The summed E-state index contributed by atoms with van der Waals surface area (Å²) in [5, 5.41) is 20.9. The number of fused-ring (bicyclic) bond motifs is 4. The number of halogens is 2. The molecule has 0 radical (unpaired) electrons. The first-order valence-electron chi connectivity index (χ1n) is 23.0. The lowest BCUT2D eigenvalue weighted by atomic mass is 9.56. The summed E-state index contributed by atoms with van der Waals surface area (Å²) in [6.07, 6.45) is 13.6. The Balaban J connectivity index is 0.00000462. The van der Waals surface area contributed by atoms with E-state index in [4.69, 9.17) is 33.5 Å². The third-order valence-electron chi connectivity index (χ3n) is 15.9. The molecule has 4 aliphatic heterocycles. The number of rotatable bonds is 22. The molecule has 4 fully saturated rings. The minimum atomic E-state index is -0.863. The van der Waals surface area contributed by atoms with E-state index in [0.717, 1.165) is 117 Å². The highest BCUT2D eigenvalue weighted by atomic mass is 79.9. The first-order valence-corrected chi connectivity index (χ1v) is 23.0. The molecule has 364 valence electrons. The Labute approximate surface area is 406 Å². The van der Waals surface area contributed by atoms with Gasteiger partial charge in [0.05, 0.1) is 72.1 Å². The van der Waals surface area contributed by atoms with E-state index < -0.39 is 29.3 Å². The van der Waals surface area contributed by atoms with Gasteiger partial charge >= 0.3 is 23.9 Å². The number of unbranched alkanes of at least 4 members (excludes halogenated alkanes) is 5. The Morgan fingerprint density at radius 2 is 0.892 bits per heavy atom. The predicted octanol–water partition coefficient (Wildman–Crippen LogP) is 2.33. The quantitative estimate of drug-likeness (QED) is 0.0768. The average Bonchev–Trinajstić information content (AvgIpc) is 3.45. The van der Waals surface area contributed by atoms with Crippen molar-refractivity contribution < 1.29 is 101 Å². The van der Waals surface area contributed by atoms with Gasteiger partial charge in [0.25, 0.3) is 0 Å². The van der Waals surface area contributed by atoms with Gasteiger partial charge in [0.1, 0.15) is 13.1 Å². The molecule has 4 saturated heterocycles. The fourth-order valence-electron chi connectivity index (χ4n) is 12.8. The van der Waals surface area contributed by atoms with E-state index in [1.807, 2.05) is 24.3 Å². The highest BCUT2D eigenvalue weighted by Gasteiger charge is 2.63. The standard InChI is InChI=1S/C49H70N2O12.2BrH/c1-31(52)62-46-41(58-5)21-33(22-42(46)59-6)29-50(3)37-16-17-38(50)26-35(25-37)49(48(56)57,20-14-12-10-9-11-13-15-45(54)55)36-27-39-18-19-40(28-36)51(39,4)30-34-23-43(60-7)47(63-32(2)53)44(24-34)61-8;;/h21-24,35-40H,9-20,25-30H2,1-8H3;2*1H. The number of nitrogens with zero attached hydrogens (tertiary/aromatic N) is 2. The third-order valence-corrected chi connectivity index (χ3v) is 15.9. The molecule has 6 rings (SSSR count). The van der Waals surface area contributed by atoms with Gasteiger partial charge in [0, 0.05) is 82.8 Å². The fourth-order valence-corrected chi connectivity index (χ4v) is 12.8. The molecule has 2 N–H and O–H groups in total. The topological polar surface area (TPSA) is 164 Å². The number of ether oxygens (including phenoxy) is 6. The summed E-state index contributed by atoms with van der Waals surface area (Å²) >= 11 is 0. The molecule has 14 nitrogen and oxygen atoms in total. The maximum atomic E-state index is 14.4. The third kappa shape index (κ3) is 11.4. The Bertz CT molecular complexity index is 1800. The summed E-state index contributed by atoms with van der Waals surface area (Å²) in [7, 11) is 10.9. The van der Waals surface area contributed by atoms with Crippen molar-refractivity contribution in [1.82, 2.24) is 0 Å². The van der Waals surface area contributed by atoms with Crippen molar-refractivity contribution in [3.63, 3.8) is 0 Å². The van der Waals surface area contributed by atoms with E-state index in [0.29, 0.717) is 35.8 Å². The average molecular weight is 1040 g/mol. The van der Waals surface area contributed by atoms with Crippen molar-refractivity contribution in [1.29, 1.82) is 0 Å². The van der Waals surface area contributed by atoms with Crippen LogP contribution in [0.3, 0.4) is 0 Å². The number of hydrogen-bond acceptors (Lipinski definition) is 10. The van der Waals surface area contributed by atoms with Crippen LogP contribution in [0.2, 0.25) is 0 Å². The van der Waals surface area contributed by atoms with Crippen LogP contribution in [0, 0.1) is 17.3 Å². The molecule has 0 saturated carbocycles. The minimum Gasteiger partial charge on any atom is -1.00 e. The second kappa shape index (κ2) is 22.9. The van der Waals surface area contributed by atoms with Crippen molar-refractivity contribution in [2.75, 3.05) is 42.5 Å². The molecule has 4 aliphatic rings. The predicted molar refractivity (Wildman–Crippen MR) is 235 cm³/mol. The number of aliphatic carboxylic acids is 2. The van der Waals surface area contributed by atoms with E-state index in [-0.39, 0.29) is 87.9 Å². The molecular formula is C49H72Br2N2O12. The van der Waals surface area contributed by atoms with Crippen LogP contribution in [0.4, 0.5) is 0 Å². The molecule has 2 aromatic carbocycles. The monoisotopic (exact) mass is 1040 g/mol. The molecule has 4 bridgehead atoms. The number of piperidine rings is 2. The summed E-state index contributed by atoms with van der Waals surface area (Å²) in [5.74, 6) is 0.0341. The van der Waals surface area contributed by atoms with Crippen LogP contribution < -0.4 is 62.4 Å². The molecule has 4 heterocycles. The second-order valence-electron chi connectivity index (χ2n) is 19.3. The molecule has 16 heteroatoms. The highest BCUT2D eigenvalue weighted by molar-refractivity contribution is 5.76. The van der Waals surface area contributed by atoms with Gasteiger partial charge in [-0.05, 0) is 48.9 Å². The number of carboxylic acid groups (broad SMARTS) is 2. The van der Waals surface area contributed by atoms with Gasteiger partial charge in [-0.2, -0.15) is 0 Å². The molecule has 0 amide bonds. The smallest absolute Gasteiger partial charge is 0.310 e. The van der Waals surface area contributed by atoms with Crippen LogP contribution in [0.5, 0.6) is 34.5 Å². The van der Waals surface area contributed by atoms with Crippen molar-refractivity contribution in [2.24, 2.45) is 17.3 Å². The Morgan fingerprint density at radius 3 is 1.18 bits per heavy atom. The number of carbonyl (C=O) groups excluding carboxylic acids is 2. The lowest BCUT2D eigenvalue weighted by Crippen LogP contribution is -3.00. The van der Waals surface area contributed by atoms with E-state index in [1.165, 1.54) is 13.8 Å². The van der Waals surface area contributed by atoms with E-state index in [2.05, 4.69) is 14.1 Å². The number of quaternary nitrogens is 2.